The number of nitrogens with two attached hydrogens (primary N) is 1. The summed E-state index contributed by atoms with van der Waals surface area (Å²) in [7, 11) is 0. The fraction of sp³-hybridized carbons (Fsp3) is 0.769. The lowest BCUT2D eigenvalue weighted by Crippen LogP contribution is -2.47. The topological polar surface area (TPSA) is 72.6 Å². The molecule has 0 spiro atoms. The Morgan fingerprint density at radius 2 is 1.89 bits per heavy atom. The maximum atomic E-state index is 12.4. The quantitative estimate of drug-likeness (QED) is 0.541. The first kappa shape index (κ1) is 17.8. The number of thiocarbonyl (C=S) groups is 1. The first-order valence-electron chi connectivity index (χ1n) is 6.60. The minimum absolute atomic E-state index is 0.0623. The van der Waals surface area contributed by atoms with Gasteiger partial charge in [0.2, 0.25) is 5.91 Å². The molecular formula is C13H24N2O3S. The van der Waals surface area contributed by atoms with Gasteiger partial charge < -0.3 is 15.4 Å². The molecule has 0 bridgehead atoms. The molecule has 6 heteroatoms. The van der Waals surface area contributed by atoms with Crippen molar-refractivity contribution in [2.45, 2.75) is 46.6 Å². The van der Waals surface area contributed by atoms with Crippen LogP contribution in [0.1, 0.15) is 40.5 Å². The van der Waals surface area contributed by atoms with Gasteiger partial charge in [-0.15, -0.1) is 0 Å². The number of rotatable bonds is 8. The summed E-state index contributed by atoms with van der Waals surface area (Å²) in [6, 6.07) is -0.106. The first-order valence-corrected chi connectivity index (χ1v) is 7.01. The normalized spacial score (nSPS) is 12.1. The molecule has 0 saturated heterocycles. The van der Waals surface area contributed by atoms with E-state index in [4.69, 9.17) is 22.7 Å². The Bertz CT molecular complexity index is 332. The van der Waals surface area contributed by atoms with Crippen molar-refractivity contribution in [2.75, 3.05) is 13.2 Å². The van der Waals surface area contributed by atoms with Gasteiger partial charge >= 0.3 is 5.97 Å². The summed E-state index contributed by atoms with van der Waals surface area (Å²) < 4.78 is 4.88. The number of ether oxygens (including phenoxy) is 1. The highest BCUT2D eigenvalue weighted by Crippen LogP contribution is 2.14. The molecule has 110 valence electrons. The third-order valence-electron chi connectivity index (χ3n) is 2.73. The average molecular weight is 288 g/mol. The molecule has 0 fully saturated rings. The SMILES string of the molecule is CCCC(C(=O)N(CC(=O)OCC)C(C)C)C(N)=S. The summed E-state index contributed by atoms with van der Waals surface area (Å²) in [5.41, 5.74) is 5.62. The van der Waals surface area contributed by atoms with E-state index < -0.39 is 11.9 Å². The van der Waals surface area contributed by atoms with Crippen molar-refractivity contribution in [3.63, 3.8) is 0 Å². The molecule has 0 aliphatic heterocycles. The van der Waals surface area contributed by atoms with Crippen molar-refractivity contribution >= 4 is 29.1 Å². The van der Waals surface area contributed by atoms with Crippen molar-refractivity contribution in [1.82, 2.24) is 4.90 Å². The molecule has 5 nitrogen and oxygen atoms in total. The number of carbonyl (C=O) groups is 2. The van der Waals surface area contributed by atoms with Crippen LogP contribution < -0.4 is 5.73 Å². The van der Waals surface area contributed by atoms with Gasteiger partial charge in [-0.2, -0.15) is 0 Å². The Kier molecular flexibility index (Phi) is 8.30. The molecule has 0 aromatic carbocycles. The lowest BCUT2D eigenvalue weighted by molar-refractivity contribution is -0.150. The predicted octanol–water partition coefficient (Wildman–Crippen LogP) is 1.49. The number of hydrogen-bond donors (Lipinski definition) is 1. The van der Waals surface area contributed by atoms with E-state index in [1.165, 1.54) is 4.90 Å². The van der Waals surface area contributed by atoms with Crippen LogP contribution in [0.3, 0.4) is 0 Å². The molecule has 0 aromatic heterocycles. The molecule has 0 heterocycles. The summed E-state index contributed by atoms with van der Waals surface area (Å²) in [5, 5.41) is 0. The lowest BCUT2D eigenvalue weighted by atomic mass is 10.0. The largest absolute Gasteiger partial charge is 0.465 e. The van der Waals surface area contributed by atoms with E-state index >= 15 is 0 Å². The van der Waals surface area contributed by atoms with E-state index in [2.05, 4.69) is 0 Å². The molecule has 19 heavy (non-hydrogen) atoms. The molecule has 1 amide bonds. The fourth-order valence-electron chi connectivity index (χ4n) is 1.74. The summed E-state index contributed by atoms with van der Waals surface area (Å²) in [5.74, 6) is -1.11. The van der Waals surface area contributed by atoms with Gasteiger partial charge in [0.25, 0.3) is 0 Å². The van der Waals surface area contributed by atoms with Gasteiger partial charge in [0.15, 0.2) is 0 Å². The van der Waals surface area contributed by atoms with Crippen molar-refractivity contribution in [3.8, 4) is 0 Å². The monoisotopic (exact) mass is 288 g/mol. The highest BCUT2D eigenvalue weighted by Gasteiger charge is 2.29. The van der Waals surface area contributed by atoms with Crippen LogP contribution in [0.15, 0.2) is 0 Å². The van der Waals surface area contributed by atoms with Gasteiger partial charge in [-0.25, -0.2) is 0 Å². The smallest absolute Gasteiger partial charge is 0.325 e. The molecule has 0 radical (unpaired) electrons. The first-order chi connectivity index (χ1) is 8.84. The van der Waals surface area contributed by atoms with Crippen molar-refractivity contribution in [1.29, 1.82) is 0 Å². The van der Waals surface area contributed by atoms with Gasteiger partial charge in [-0.1, -0.05) is 25.6 Å². The zero-order valence-corrected chi connectivity index (χ0v) is 13.0. The summed E-state index contributed by atoms with van der Waals surface area (Å²) >= 11 is 4.94. The highest BCUT2D eigenvalue weighted by atomic mass is 32.1. The molecule has 0 rings (SSSR count). The van der Waals surface area contributed by atoms with Crippen LogP contribution in [0.5, 0.6) is 0 Å². The van der Waals surface area contributed by atoms with E-state index in [0.717, 1.165) is 6.42 Å². The molecule has 2 N–H and O–H groups in total. The van der Waals surface area contributed by atoms with Gasteiger partial charge in [0.1, 0.15) is 6.54 Å². The van der Waals surface area contributed by atoms with Crippen LogP contribution in [0.25, 0.3) is 0 Å². The third kappa shape index (κ3) is 6.00. The number of esters is 1. The van der Waals surface area contributed by atoms with Crippen LogP contribution in [-0.2, 0) is 14.3 Å². The summed E-state index contributed by atoms with van der Waals surface area (Å²) in [6.07, 6.45) is 1.40. The summed E-state index contributed by atoms with van der Waals surface area (Å²) in [6.45, 7) is 7.62. The van der Waals surface area contributed by atoms with Crippen LogP contribution in [0.4, 0.5) is 0 Å². The molecule has 0 aliphatic carbocycles. The van der Waals surface area contributed by atoms with Crippen molar-refractivity contribution < 1.29 is 14.3 Å². The zero-order chi connectivity index (χ0) is 15.0. The maximum absolute atomic E-state index is 12.4. The Morgan fingerprint density at radius 3 is 2.26 bits per heavy atom. The second kappa shape index (κ2) is 8.85. The molecule has 0 aromatic rings. The van der Waals surface area contributed by atoms with Crippen LogP contribution >= 0.6 is 12.2 Å². The number of carbonyl (C=O) groups excluding carboxylic acids is 2. The molecule has 0 aliphatic rings. The summed E-state index contributed by atoms with van der Waals surface area (Å²) in [4.78, 5) is 25.6. The minimum atomic E-state index is -0.503. The lowest BCUT2D eigenvalue weighted by Gasteiger charge is -2.29. The van der Waals surface area contributed by atoms with Gasteiger partial charge in [-0.05, 0) is 27.2 Å². The Hall–Kier alpha value is -1.17. The third-order valence-corrected chi connectivity index (χ3v) is 3.01. The Balaban J connectivity index is 4.90. The van der Waals surface area contributed by atoms with Crippen LogP contribution in [0.2, 0.25) is 0 Å². The second-order valence-electron chi connectivity index (χ2n) is 4.61. The van der Waals surface area contributed by atoms with Crippen LogP contribution in [-0.4, -0.2) is 41.0 Å². The van der Waals surface area contributed by atoms with E-state index in [1.54, 1.807) is 6.92 Å². The van der Waals surface area contributed by atoms with Crippen molar-refractivity contribution in [2.24, 2.45) is 11.7 Å². The Morgan fingerprint density at radius 1 is 1.32 bits per heavy atom. The van der Waals surface area contributed by atoms with Crippen molar-refractivity contribution in [3.05, 3.63) is 0 Å². The van der Waals surface area contributed by atoms with E-state index in [-0.39, 0.29) is 23.5 Å². The van der Waals surface area contributed by atoms with Gasteiger partial charge in [0, 0.05) is 6.04 Å². The minimum Gasteiger partial charge on any atom is -0.465 e. The Labute approximate surface area is 120 Å². The van der Waals surface area contributed by atoms with Gasteiger partial charge in [-0.3, -0.25) is 9.59 Å². The molecule has 1 unspecified atom stereocenters. The van der Waals surface area contributed by atoms with E-state index in [1.807, 2.05) is 20.8 Å². The average Bonchev–Trinajstić information content (AvgIpc) is 2.31. The van der Waals surface area contributed by atoms with E-state index in [0.29, 0.717) is 13.0 Å². The number of nitrogens with zero attached hydrogens (tertiary/aromatic N) is 1. The van der Waals surface area contributed by atoms with E-state index in [9.17, 15) is 9.59 Å². The number of amides is 1. The van der Waals surface area contributed by atoms with Gasteiger partial charge in [0.05, 0.1) is 17.5 Å². The molecule has 1 atom stereocenters. The standard InChI is InChI=1S/C13H24N2O3S/c1-5-7-10(12(14)19)13(17)15(9(3)4)8-11(16)18-6-2/h9-10H,5-8H2,1-4H3,(H2,14,19). The molecule has 0 saturated carbocycles. The van der Waals surface area contributed by atoms with Crippen LogP contribution in [0, 0.1) is 5.92 Å². The maximum Gasteiger partial charge on any atom is 0.325 e. The fourth-order valence-corrected chi connectivity index (χ4v) is 1.96. The number of hydrogen-bond acceptors (Lipinski definition) is 4. The highest BCUT2D eigenvalue weighted by molar-refractivity contribution is 7.80. The second-order valence-corrected chi connectivity index (χ2v) is 5.08. The zero-order valence-electron chi connectivity index (χ0n) is 12.1. The predicted molar refractivity (Wildman–Crippen MR) is 78.7 cm³/mol. The molecular weight excluding hydrogens is 264 g/mol.